The van der Waals surface area contributed by atoms with Crippen LogP contribution in [0, 0.1) is 0 Å². The third-order valence-electron chi connectivity index (χ3n) is 3.85. The molecule has 1 aromatic heterocycles. The summed E-state index contributed by atoms with van der Waals surface area (Å²) in [4.78, 5) is 16.0. The van der Waals surface area contributed by atoms with Crippen molar-refractivity contribution in [2.45, 2.75) is 44.6 Å². The molecule has 0 atom stereocenters. The van der Waals surface area contributed by atoms with Crippen LogP contribution in [-0.4, -0.2) is 38.0 Å². The smallest absolute Gasteiger partial charge is 0.239 e. The third-order valence-corrected chi connectivity index (χ3v) is 3.85. The van der Waals surface area contributed by atoms with Gasteiger partial charge in [0.2, 0.25) is 5.91 Å². The van der Waals surface area contributed by atoms with E-state index in [4.69, 9.17) is 4.42 Å². The summed E-state index contributed by atoms with van der Waals surface area (Å²) in [5.74, 6) is 1.59. The average Bonchev–Trinajstić information content (AvgIpc) is 3.05. The van der Waals surface area contributed by atoms with Crippen LogP contribution < -0.4 is 16.0 Å². The molecule has 1 saturated carbocycles. The number of amides is 1. The Balaban J connectivity index is 0.00000264. The lowest BCUT2D eigenvalue weighted by molar-refractivity contribution is -0.120. The van der Waals surface area contributed by atoms with Crippen molar-refractivity contribution in [1.82, 2.24) is 16.0 Å². The predicted octanol–water partition coefficient (Wildman–Crippen LogP) is 2.05. The number of carbonyl (C=O) groups is 1. The SMILES string of the molecule is CN=C(NCCc1ccco1)NCC(=O)NC1CCCCC1.I. The summed E-state index contributed by atoms with van der Waals surface area (Å²) in [6.07, 6.45) is 8.36. The van der Waals surface area contributed by atoms with Gasteiger partial charge in [-0.2, -0.15) is 0 Å². The van der Waals surface area contributed by atoms with Crippen LogP contribution in [-0.2, 0) is 11.2 Å². The van der Waals surface area contributed by atoms with Crippen LogP contribution in [0.25, 0.3) is 0 Å². The summed E-state index contributed by atoms with van der Waals surface area (Å²) < 4.78 is 5.27. The van der Waals surface area contributed by atoms with Gasteiger partial charge in [-0.15, -0.1) is 24.0 Å². The standard InChI is InChI=1S/C16H26N4O2.HI/c1-17-16(18-10-9-14-8-5-11-22-14)19-12-15(21)20-13-6-3-2-4-7-13;/h5,8,11,13H,2-4,6-7,9-10,12H2,1H3,(H,20,21)(H2,17,18,19);1H. The van der Waals surface area contributed by atoms with E-state index in [9.17, 15) is 4.79 Å². The van der Waals surface area contributed by atoms with E-state index in [0.717, 1.165) is 25.0 Å². The van der Waals surface area contributed by atoms with Crippen molar-refractivity contribution >= 4 is 35.8 Å². The molecule has 0 bridgehead atoms. The zero-order chi connectivity index (χ0) is 15.6. The van der Waals surface area contributed by atoms with Crippen LogP contribution >= 0.6 is 24.0 Å². The highest BCUT2D eigenvalue weighted by Gasteiger charge is 2.15. The molecule has 0 saturated heterocycles. The number of nitrogens with zero attached hydrogens (tertiary/aromatic N) is 1. The summed E-state index contributed by atoms with van der Waals surface area (Å²) in [7, 11) is 1.70. The second kappa shape index (κ2) is 11.3. The molecule has 1 fully saturated rings. The molecule has 0 unspecified atom stereocenters. The maximum Gasteiger partial charge on any atom is 0.239 e. The molecule has 23 heavy (non-hydrogen) atoms. The summed E-state index contributed by atoms with van der Waals surface area (Å²) >= 11 is 0. The average molecular weight is 434 g/mol. The van der Waals surface area contributed by atoms with Crippen molar-refractivity contribution in [3.05, 3.63) is 24.2 Å². The first kappa shape index (κ1) is 19.8. The van der Waals surface area contributed by atoms with E-state index in [1.54, 1.807) is 13.3 Å². The molecule has 2 rings (SSSR count). The fourth-order valence-corrected chi connectivity index (χ4v) is 2.67. The van der Waals surface area contributed by atoms with Gasteiger partial charge in [-0.05, 0) is 25.0 Å². The quantitative estimate of drug-likeness (QED) is 0.364. The molecule has 1 amide bonds. The number of halogens is 1. The Hall–Kier alpha value is -1.25. The van der Waals surface area contributed by atoms with Crippen LogP contribution in [0.5, 0.6) is 0 Å². The minimum atomic E-state index is 0. The highest BCUT2D eigenvalue weighted by atomic mass is 127. The van der Waals surface area contributed by atoms with Gasteiger partial charge in [-0.1, -0.05) is 19.3 Å². The number of nitrogens with one attached hydrogen (secondary N) is 3. The Bertz CT molecular complexity index is 470. The molecule has 7 heteroatoms. The molecule has 1 heterocycles. The number of hydrogen-bond donors (Lipinski definition) is 3. The van der Waals surface area contributed by atoms with E-state index in [2.05, 4.69) is 20.9 Å². The highest BCUT2D eigenvalue weighted by Crippen LogP contribution is 2.16. The topological polar surface area (TPSA) is 78.7 Å². The minimum absolute atomic E-state index is 0. The van der Waals surface area contributed by atoms with Gasteiger partial charge < -0.3 is 20.4 Å². The number of guanidine groups is 1. The number of aliphatic imine (C=N–C) groups is 1. The lowest BCUT2D eigenvalue weighted by Gasteiger charge is -2.23. The summed E-state index contributed by atoms with van der Waals surface area (Å²) in [6.45, 7) is 0.953. The van der Waals surface area contributed by atoms with Gasteiger partial charge in [0.15, 0.2) is 5.96 Å². The predicted molar refractivity (Wildman–Crippen MR) is 102 cm³/mol. The van der Waals surface area contributed by atoms with Gasteiger partial charge in [-0.3, -0.25) is 9.79 Å². The fraction of sp³-hybridized carbons (Fsp3) is 0.625. The maximum absolute atomic E-state index is 11.9. The van der Waals surface area contributed by atoms with E-state index in [0.29, 0.717) is 18.5 Å². The fourth-order valence-electron chi connectivity index (χ4n) is 2.67. The first-order valence-electron chi connectivity index (χ1n) is 8.04. The van der Waals surface area contributed by atoms with E-state index in [1.165, 1.54) is 19.3 Å². The first-order valence-corrected chi connectivity index (χ1v) is 8.04. The summed E-state index contributed by atoms with van der Waals surface area (Å²) in [5.41, 5.74) is 0. The van der Waals surface area contributed by atoms with Gasteiger partial charge in [0, 0.05) is 26.1 Å². The Morgan fingerprint density at radius 3 is 2.74 bits per heavy atom. The normalized spacial score (nSPS) is 15.6. The molecule has 130 valence electrons. The second-order valence-corrected chi connectivity index (χ2v) is 5.58. The van der Waals surface area contributed by atoms with Crippen LogP contribution in [0.2, 0.25) is 0 Å². The molecule has 1 aliphatic carbocycles. The molecule has 0 radical (unpaired) electrons. The number of furan rings is 1. The van der Waals surface area contributed by atoms with Gasteiger partial charge in [0.05, 0.1) is 12.8 Å². The monoisotopic (exact) mass is 434 g/mol. The zero-order valence-electron chi connectivity index (χ0n) is 13.6. The molecule has 0 spiro atoms. The van der Waals surface area contributed by atoms with Crippen molar-refractivity contribution in [3.63, 3.8) is 0 Å². The molecular weight excluding hydrogens is 407 g/mol. The molecule has 0 aliphatic heterocycles. The van der Waals surface area contributed by atoms with Crippen molar-refractivity contribution in [2.75, 3.05) is 20.1 Å². The molecular formula is C16H27IN4O2. The van der Waals surface area contributed by atoms with Crippen LogP contribution in [0.3, 0.4) is 0 Å². The number of rotatable bonds is 6. The van der Waals surface area contributed by atoms with Gasteiger partial charge in [0.1, 0.15) is 5.76 Å². The summed E-state index contributed by atoms with van der Waals surface area (Å²) in [6, 6.07) is 4.16. The Kier molecular flexibility index (Phi) is 9.74. The first-order chi connectivity index (χ1) is 10.8. The molecule has 6 nitrogen and oxygen atoms in total. The third kappa shape index (κ3) is 7.71. The van der Waals surface area contributed by atoms with E-state index in [-0.39, 0.29) is 36.4 Å². The number of hydrogen-bond acceptors (Lipinski definition) is 3. The van der Waals surface area contributed by atoms with Crippen molar-refractivity contribution in [1.29, 1.82) is 0 Å². The molecule has 1 aromatic rings. The van der Waals surface area contributed by atoms with Crippen molar-refractivity contribution in [3.8, 4) is 0 Å². The zero-order valence-corrected chi connectivity index (χ0v) is 16.0. The van der Waals surface area contributed by atoms with Crippen molar-refractivity contribution in [2.24, 2.45) is 4.99 Å². The molecule has 1 aliphatic rings. The minimum Gasteiger partial charge on any atom is -0.469 e. The summed E-state index contributed by atoms with van der Waals surface area (Å²) in [5, 5.41) is 9.28. The largest absolute Gasteiger partial charge is 0.469 e. The van der Waals surface area contributed by atoms with Crippen LogP contribution in [0.4, 0.5) is 0 Å². The maximum atomic E-state index is 11.9. The van der Waals surface area contributed by atoms with E-state index in [1.807, 2.05) is 12.1 Å². The Labute approximate surface area is 154 Å². The lowest BCUT2D eigenvalue weighted by Crippen LogP contribution is -2.46. The second-order valence-electron chi connectivity index (χ2n) is 5.58. The van der Waals surface area contributed by atoms with Crippen LogP contribution in [0.15, 0.2) is 27.8 Å². The Morgan fingerprint density at radius 1 is 1.30 bits per heavy atom. The highest BCUT2D eigenvalue weighted by molar-refractivity contribution is 14.0. The van der Waals surface area contributed by atoms with Crippen molar-refractivity contribution < 1.29 is 9.21 Å². The van der Waals surface area contributed by atoms with Gasteiger partial charge in [-0.25, -0.2) is 0 Å². The molecule has 0 aromatic carbocycles. The Morgan fingerprint density at radius 2 is 2.09 bits per heavy atom. The van der Waals surface area contributed by atoms with E-state index < -0.39 is 0 Å². The molecule has 3 N–H and O–H groups in total. The number of carbonyl (C=O) groups excluding carboxylic acids is 1. The van der Waals surface area contributed by atoms with Crippen LogP contribution in [0.1, 0.15) is 37.9 Å². The van der Waals surface area contributed by atoms with Gasteiger partial charge in [0.25, 0.3) is 0 Å². The van der Waals surface area contributed by atoms with Gasteiger partial charge >= 0.3 is 0 Å². The van der Waals surface area contributed by atoms with E-state index >= 15 is 0 Å². The lowest BCUT2D eigenvalue weighted by atomic mass is 9.95.